The number of aromatic nitrogens is 1. The molecule has 0 amide bonds. The molecule has 3 rings (SSSR count). The van der Waals surface area contributed by atoms with Crippen LogP contribution in [0.3, 0.4) is 0 Å². The van der Waals surface area contributed by atoms with Gasteiger partial charge in [0.1, 0.15) is 0 Å². The van der Waals surface area contributed by atoms with Gasteiger partial charge in [-0.15, -0.1) is 0 Å². The van der Waals surface area contributed by atoms with Gasteiger partial charge in [0.25, 0.3) is 0 Å². The lowest BCUT2D eigenvalue weighted by Crippen LogP contribution is -2.03. The Balaban J connectivity index is 2.20. The number of pyridine rings is 1. The summed E-state index contributed by atoms with van der Waals surface area (Å²) >= 11 is 0. The lowest BCUT2D eigenvalue weighted by molar-refractivity contribution is 0.0695. The second-order valence-electron chi connectivity index (χ2n) is 4.56. The Morgan fingerprint density at radius 1 is 1.17 bits per heavy atom. The van der Waals surface area contributed by atoms with Crippen LogP contribution in [-0.4, -0.2) is 16.1 Å². The SMILES string of the molecule is O=C(O)c1cccc(-c2ccccn2)c1C1CC1. The molecule has 0 radical (unpaired) electrons. The Morgan fingerprint density at radius 2 is 2.00 bits per heavy atom. The molecule has 90 valence electrons. The Kier molecular flexibility index (Phi) is 2.59. The van der Waals surface area contributed by atoms with Gasteiger partial charge in [0.2, 0.25) is 0 Å². The standard InChI is InChI=1S/C15H13NO2/c17-15(18)12-5-3-4-11(14(12)10-7-8-10)13-6-1-2-9-16-13/h1-6,9-10H,7-8H2,(H,17,18). The lowest BCUT2D eigenvalue weighted by atomic mass is 9.95. The summed E-state index contributed by atoms with van der Waals surface area (Å²) in [5.41, 5.74) is 3.17. The summed E-state index contributed by atoms with van der Waals surface area (Å²) in [5, 5.41) is 9.29. The summed E-state index contributed by atoms with van der Waals surface area (Å²) in [4.78, 5) is 15.6. The third-order valence-corrected chi connectivity index (χ3v) is 3.26. The van der Waals surface area contributed by atoms with Crippen LogP contribution in [0.1, 0.15) is 34.7 Å². The van der Waals surface area contributed by atoms with E-state index in [0.29, 0.717) is 11.5 Å². The molecule has 2 aromatic rings. The topological polar surface area (TPSA) is 50.2 Å². The maximum atomic E-state index is 11.3. The maximum Gasteiger partial charge on any atom is 0.335 e. The smallest absolute Gasteiger partial charge is 0.335 e. The highest BCUT2D eigenvalue weighted by molar-refractivity contribution is 5.92. The largest absolute Gasteiger partial charge is 0.478 e. The second kappa shape index (κ2) is 4.26. The van der Waals surface area contributed by atoms with Crippen LogP contribution in [0.2, 0.25) is 0 Å². The van der Waals surface area contributed by atoms with Crippen molar-refractivity contribution in [2.45, 2.75) is 18.8 Å². The molecule has 1 saturated carbocycles. The van der Waals surface area contributed by atoms with E-state index in [-0.39, 0.29) is 0 Å². The zero-order valence-electron chi connectivity index (χ0n) is 9.84. The highest BCUT2D eigenvalue weighted by Gasteiger charge is 2.30. The molecule has 18 heavy (non-hydrogen) atoms. The van der Waals surface area contributed by atoms with E-state index in [1.54, 1.807) is 18.3 Å². The predicted octanol–water partition coefficient (Wildman–Crippen LogP) is 3.32. The number of hydrogen-bond acceptors (Lipinski definition) is 2. The minimum absolute atomic E-state index is 0.384. The first-order valence-electron chi connectivity index (χ1n) is 6.05. The van der Waals surface area contributed by atoms with Crippen LogP contribution in [0.15, 0.2) is 42.6 Å². The minimum atomic E-state index is -0.852. The number of carboxylic acid groups (broad SMARTS) is 1. The van der Waals surface area contributed by atoms with Crippen LogP contribution in [0, 0.1) is 0 Å². The van der Waals surface area contributed by atoms with Gasteiger partial charge in [-0.2, -0.15) is 0 Å². The monoisotopic (exact) mass is 239 g/mol. The summed E-state index contributed by atoms with van der Waals surface area (Å²) in [6.07, 6.45) is 3.88. The number of benzene rings is 1. The highest BCUT2D eigenvalue weighted by atomic mass is 16.4. The van der Waals surface area contributed by atoms with Gasteiger partial charge in [0, 0.05) is 11.8 Å². The van der Waals surface area contributed by atoms with E-state index in [9.17, 15) is 9.90 Å². The summed E-state index contributed by atoms with van der Waals surface area (Å²) in [7, 11) is 0. The highest BCUT2D eigenvalue weighted by Crippen LogP contribution is 2.45. The van der Waals surface area contributed by atoms with Gasteiger partial charge < -0.3 is 5.11 Å². The van der Waals surface area contributed by atoms with Gasteiger partial charge in [0.05, 0.1) is 11.3 Å². The molecule has 1 heterocycles. The fraction of sp³-hybridized carbons (Fsp3) is 0.200. The molecule has 1 aliphatic rings. The molecule has 0 atom stereocenters. The fourth-order valence-electron chi connectivity index (χ4n) is 2.31. The molecule has 3 nitrogen and oxygen atoms in total. The van der Waals surface area contributed by atoms with Crippen molar-refractivity contribution < 1.29 is 9.90 Å². The molecule has 3 heteroatoms. The molecule has 0 unspecified atom stereocenters. The average Bonchev–Trinajstić information content (AvgIpc) is 3.23. The van der Waals surface area contributed by atoms with Gasteiger partial charge in [-0.25, -0.2) is 4.79 Å². The van der Waals surface area contributed by atoms with Crippen molar-refractivity contribution in [3.63, 3.8) is 0 Å². The van der Waals surface area contributed by atoms with Crippen molar-refractivity contribution in [2.75, 3.05) is 0 Å². The number of carbonyl (C=O) groups is 1. The Bertz CT molecular complexity index is 589. The van der Waals surface area contributed by atoms with Crippen molar-refractivity contribution >= 4 is 5.97 Å². The lowest BCUT2D eigenvalue weighted by Gasteiger charge is -2.11. The van der Waals surface area contributed by atoms with Gasteiger partial charge in [-0.1, -0.05) is 18.2 Å². The predicted molar refractivity (Wildman–Crippen MR) is 68.6 cm³/mol. The summed E-state index contributed by atoms with van der Waals surface area (Å²) in [6.45, 7) is 0. The molecular weight excluding hydrogens is 226 g/mol. The van der Waals surface area contributed by atoms with Crippen LogP contribution >= 0.6 is 0 Å². The third kappa shape index (κ3) is 1.88. The summed E-state index contributed by atoms with van der Waals surface area (Å²) < 4.78 is 0. The fourth-order valence-corrected chi connectivity index (χ4v) is 2.31. The Hall–Kier alpha value is -2.16. The van der Waals surface area contributed by atoms with Crippen molar-refractivity contribution in [1.82, 2.24) is 4.98 Å². The van der Waals surface area contributed by atoms with E-state index in [4.69, 9.17) is 0 Å². The number of aromatic carboxylic acids is 1. The molecule has 0 spiro atoms. The van der Waals surface area contributed by atoms with E-state index in [2.05, 4.69) is 4.98 Å². The van der Waals surface area contributed by atoms with Crippen LogP contribution in [0.4, 0.5) is 0 Å². The molecule has 0 saturated heterocycles. The molecule has 1 N–H and O–H groups in total. The number of rotatable bonds is 3. The summed E-state index contributed by atoms with van der Waals surface area (Å²) in [5.74, 6) is -0.469. The minimum Gasteiger partial charge on any atom is -0.478 e. The van der Waals surface area contributed by atoms with Crippen LogP contribution < -0.4 is 0 Å². The van der Waals surface area contributed by atoms with Gasteiger partial charge in [-0.3, -0.25) is 4.98 Å². The first-order chi connectivity index (χ1) is 8.77. The quantitative estimate of drug-likeness (QED) is 0.893. The summed E-state index contributed by atoms with van der Waals surface area (Å²) in [6, 6.07) is 11.1. The van der Waals surface area contributed by atoms with E-state index >= 15 is 0 Å². The van der Waals surface area contributed by atoms with Crippen molar-refractivity contribution in [2.24, 2.45) is 0 Å². The zero-order valence-corrected chi connectivity index (χ0v) is 9.84. The Morgan fingerprint density at radius 3 is 2.61 bits per heavy atom. The number of carboxylic acids is 1. The molecule has 1 fully saturated rings. The normalized spacial score (nSPS) is 14.4. The maximum absolute atomic E-state index is 11.3. The van der Waals surface area contributed by atoms with E-state index in [1.165, 1.54) is 0 Å². The van der Waals surface area contributed by atoms with Crippen molar-refractivity contribution in [1.29, 1.82) is 0 Å². The van der Waals surface area contributed by atoms with E-state index in [1.807, 2.05) is 24.3 Å². The molecule has 0 bridgehead atoms. The van der Waals surface area contributed by atoms with E-state index < -0.39 is 5.97 Å². The third-order valence-electron chi connectivity index (χ3n) is 3.26. The second-order valence-corrected chi connectivity index (χ2v) is 4.56. The molecule has 0 aliphatic heterocycles. The molecule has 1 aromatic heterocycles. The van der Waals surface area contributed by atoms with Crippen LogP contribution in [-0.2, 0) is 0 Å². The zero-order chi connectivity index (χ0) is 12.5. The van der Waals surface area contributed by atoms with Gasteiger partial charge in [0.15, 0.2) is 0 Å². The number of nitrogens with zero attached hydrogens (tertiary/aromatic N) is 1. The average molecular weight is 239 g/mol. The first kappa shape index (κ1) is 11.0. The van der Waals surface area contributed by atoms with Crippen molar-refractivity contribution in [3.05, 3.63) is 53.7 Å². The van der Waals surface area contributed by atoms with Crippen molar-refractivity contribution in [3.8, 4) is 11.3 Å². The first-order valence-corrected chi connectivity index (χ1v) is 6.05. The van der Waals surface area contributed by atoms with Crippen LogP contribution in [0.25, 0.3) is 11.3 Å². The van der Waals surface area contributed by atoms with Gasteiger partial charge in [-0.05, 0) is 42.5 Å². The Labute approximate surface area is 105 Å². The van der Waals surface area contributed by atoms with Gasteiger partial charge >= 0.3 is 5.97 Å². The molecule has 1 aliphatic carbocycles. The van der Waals surface area contributed by atoms with E-state index in [0.717, 1.165) is 29.7 Å². The molecular formula is C15H13NO2. The number of hydrogen-bond donors (Lipinski definition) is 1. The van der Waals surface area contributed by atoms with Crippen LogP contribution in [0.5, 0.6) is 0 Å². The molecule has 1 aromatic carbocycles.